The quantitative estimate of drug-likeness (QED) is 0.291. The molecule has 222 valence electrons. The lowest BCUT2D eigenvalue weighted by molar-refractivity contribution is -0.145. The average molecular weight is 610 g/mol. The number of nitrogens with zero attached hydrogens (tertiary/aromatic N) is 2. The third-order valence-electron chi connectivity index (χ3n) is 9.15. The first-order valence-corrected chi connectivity index (χ1v) is 15.8. The second-order valence-electron chi connectivity index (χ2n) is 11.8. The lowest BCUT2D eigenvalue weighted by Crippen LogP contribution is -2.49. The second kappa shape index (κ2) is 12.4. The molecule has 3 aliphatic rings. The van der Waals surface area contributed by atoms with Crippen molar-refractivity contribution in [2.75, 3.05) is 18.5 Å². The van der Waals surface area contributed by atoms with Gasteiger partial charge in [-0.3, -0.25) is 9.69 Å². The highest BCUT2D eigenvalue weighted by Gasteiger charge is 2.38. The number of carboxylic acid groups (broad SMARTS) is 1. The van der Waals surface area contributed by atoms with Gasteiger partial charge >= 0.3 is 5.97 Å². The maximum Gasteiger partial charge on any atom is 0.321 e. The van der Waals surface area contributed by atoms with Crippen molar-refractivity contribution in [1.29, 1.82) is 0 Å². The van der Waals surface area contributed by atoms with Crippen LogP contribution in [-0.2, 0) is 17.8 Å². The molecule has 3 atom stereocenters. The minimum Gasteiger partial charge on any atom is -0.486 e. The smallest absolute Gasteiger partial charge is 0.321 e. The molecule has 1 aliphatic carbocycles. The summed E-state index contributed by atoms with van der Waals surface area (Å²) in [7, 11) is 2.09. The number of rotatable bonds is 7. The fraction of sp³-hybridized carbons (Fsp3) is 0.441. The Morgan fingerprint density at radius 3 is 2.48 bits per heavy atom. The molecule has 1 saturated carbocycles. The normalized spacial score (nSPS) is 21.7. The number of aliphatic carboxylic acids is 1. The van der Waals surface area contributed by atoms with Gasteiger partial charge in [-0.2, -0.15) is 0 Å². The van der Waals surface area contributed by atoms with Crippen molar-refractivity contribution in [1.82, 2.24) is 4.90 Å². The van der Waals surface area contributed by atoms with E-state index in [-0.39, 0.29) is 12.2 Å². The molecule has 0 unspecified atom stereocenters. The van der Waals surface area contributed by atoms with E-state index >= 15 is 0 Å². The van der Waals surface area contributed by atoms with Crippen LogP contribution in [0.2, 0.25) is 10.0 Å². The number of benzene rings is 3. The van der Waals surface area contributed by atoms with Crippen LogP contribution in [0.3, 0.4) is 0 Å². The molecular formula is C34H38Cl2N2O4. The monoisotopic (exact) mass is 608 g/mol. The number of carbonyl (C=O) groups is 1. The summed E-state index contributed by atoms with van der Waals surface area (Å²) in [6.45, 7) is 3.58. The first kappa shape index (κ1) is 29.2. The summed E-state index contributed by atoms with van der Waals surface area (Å²) in [4.78, 5) is 16.7. The van der Waals surface area contributed by atoms with Crippen LogP contribution in [0.1, 0.15) is 79.9 Å². The van der Waals surface area contributed by atoms with Crippen molar-refractivity contribution in [3.8, 4) is 11.5 Å². The molecule has 1 N–H and O–H groups in total. The summed E-state index contributed by atoms with van der Waals surface area (Å²) in [6, 6.07) is 18.0. The zero-order chi connectivity index (χ0) is 29.4. The zero-order valence-corrected chi connectivity index (χ0v) is 25.7. The molecule has 0 amide bonds. The molecule has 6 rings (SSSR count). The summed E-state index contributed by atoms with van der Waals surface area (Å²) >= 11 is 12.4. The molecule has 8 heteroatoms. The largest absolute Gasteiger partial charge is 0.486 e. The van der Waals surface area contributed by atoms with Crippen LogP contribution in [0.25, 0.3) is 0 Å². The average Bonchev–Trinajstić information content (AvgIpc) is 3.48. The van der Waals surface area contributed by atoms with E-state index in [1.165, 1.54) is 18.4 Å². The molecule has 6 nitrogen and oxygen atoms in total. The van der Waals surface area contributed by atoms with E-state index < -0.39 is 12.0 Å². The Hall–Kier alpha value is -2.93. The first-order chi connectivity index (χ1) is 20.3. The molecule has 3 aromatic rings. The van der Waals surface area contributed by atoms with Gasteiger partial charge in [0.15, 0.2) is 0 Å². The third-order valence-corrected chi connectivity index (χ3v) is 9.89. The van der Waals surface area contributed by atoms with E-state index in [2.05, 4.69) is 48.0 Å². The Labute approximate surface area is 258 Å². The van der Waals surface area contributed by atoms with Gasteiger partial charge in [0.25, 0.3) is 0 Å². The Bertz CT molecular complexity index is 1440. The van der Waals surface area contributed by atoms with Crippen LogP contribution in [0.15, 0.2) is 54.6 Å². The Balaban J connectivity index is 1.21. The Morgan fingerprint density at radius 1 is 1.02 bits per heavy atom. The minimum atomic E-state index is -0.721. The van der Waals surface area contributed by atoms with Gasteiger partial charge in [-0.1, -0.05) is 61.2 Å². The molecule has 2 heterocycles. The number of ether oxygens (including phenoxy) is 2. The molecule has 42 heavy (non-hydrogen) atoms. The highest BCUT2D eigenvalue weighted by molar-refractivity contribution is 6.42. The highest BCUT2D eigenvalue weighted by Crippen LogP contribution is 2.42. The molecule has 0 saturated heterocycles. The van der Waals surface area contributed by atoms with E-state index in [4.69, 9.17) is 32.7 Å². The fourth-order valence-corrected chi connectivity index (χ4v) is 7.07. The number of hydrogen-bond donors (Lipinski definition) is 1. The number of anilines is 1. The SMILES string of the molecule is CC[C@@H](Oc1ccc([C@H]2CCN(C)c3cc4c(cc3O2)CN(C2CCCC2)[C@H](C(=O)O)C4)cc1)c1ccc(Cl)c(Cl)c1. The lowest BCUT2D eigenvalue weighted by atomic mass is 9.91. The van der Waals surface area contributed by atoms with Crippen LogP contribution in [-0.4, -0.2) is 41.7 Å². The van der Waals surface area contributed by atoms with E-state index in [1.807, 2.05) is 24.3 Å². The maximum atomic E-state index is 12.2. The molecule has 0 spiro atoms. The Morgan fingerprint density at radius 2 is 1.79 bits per heavy atom. The summed E-state index contributed by atoms with van der Waals surface area (Å²) in [5.41, 5.74) is 5.43. The molecule has 0 aromatic heterocycles. The van der Waals surface area contributed by atoms with Crippen LogP contribution in [0.4, 0.5) is 5.69 Å². The lowest BCUT2D eigenvalue weighted by Gasteiger charge is -2.39. The van der Waals surface area contributed by atoms with E-state index in [0.29, 0.717) is 29.1 Å². The van der Waals surface area contributed by atoms with Gasteiger partial charge in [-0.05, 0) is 84.3 Å². The third kappa shape index (κ3) is 5.95. The maximum absolute atomic E-state index is 12.2. The van der Waals surface area contributed by atoms with Crippen molar-refractivity contribution >= 4 is 34.9 Å². The number of fused-ring (bicyclic) bond motifs is 2. The van der Waals surface area contributed by atoms with Gasteiger partial charge in [-0.25, -0.2) is 0 Å². The van der Waals surface area contributed by atoms with Crippen molar-refractivity contribution in [3.05, 3.63) is 86.9 Å². The van der Waals surface area contributed by atoms with Crippen molar-refractivity contribution in [2.24, 2.45) is 0 Å². The number of hydrogen-bond acceptors (Lipinski definition) is 5. The predicted molar refractivity (Wildman–Crippen MR) is 167 cm³/mol. The molecule has 1 fully saturated rings. The van der Waals surface area contributed by atoms with Gasteiger partial charge in [-0.15, -0.1) is 0 Å². The summed E-state index contributed by atoms with van der Waals surface area (Å²) in [5, 5.41) is 11.1. The predicted octanol–water partition coefficient (Wildman–Crippen LogP) is 8.24. The molecule has 0 radical (unpaired) electrons. The molecule has 3 aromatic carbocycles. The zero-order valence-electron chi connectivity index (χ0n) is 24.2. The summed E-state index contributed by atoms with van der Waals surface area (Å²) < 4.78 is 13.0. The number of halogens is 2. The molecule has 0 bridgehead atoms. The summed E-state index contributed by atoms with van der Waals surface area (Å²) in [5.74, 6) is 0.934. The molecule has 2 aliphatic heterocycles. The van der Waals surface area contributed by atoms with Gasteiger partial charge in [0, 0.05) is 32.6 Å². The van der Waals surface area contributed by atoms with E-state index in [1.54, 1.807) is 6.07 Å². The van der Waals surface area contributed by atoms with Crippen LogP contribution < -0.4 is 14.4 Å². The Kier molecular flexibility index (Phi) is 8.58. The van der Waals surface area contributed by atoms with Gasteiger partial charge in [0.2, 0.25) is 0 Å². The highest BCUT2D eigenvalue weighted by atomic mass is 35.5. The first-order valence-electron chi connectivity index (χ1n) is 15.0. The topological polar surface area (TPSA) is 62.2 Å². The van der Waals surface area contributed by atoms with Crippen LogP contribution >= 0.6 is 23.2 Å². The number of carboxylic acids is 1. The van der Waals surface area contributed by atoms with Crippen molar-refractivity contribution in [3.63, 3.8) is 0 Å². The second-order valence-corrected chi connectivity index (χ2v) is 12.6. The van der Waals surface area contributed by atoms with Gasteiger partial charge in [0.1, 0.15) is 29.7 Å². The fourth-order valence-electron chi connectivity index (χ4n) is 6.77. The minimum absolute atomic E-state index is 0.0980. The van der Waals surface area contributed by atoms with Crippen molar-refractivity contribution in [2.45, 2.75) is 82.7 Å². The van der Waals surface area contributed by atoms with Crippen LogP contribution in [0.5, 0.6) is 11.5 Å². The van der Waals surface area contributed by atoms with Gasteiger partial charge in [0.05, 0.1) is 15.7 Å². The van der Waals surface area contributed by atoms with Gasteiger partial charge < -0.3 is 19.5 Å². The molecular weight excluding hydrogens is 571 g/mol. The van der Waals surface area contributed by atoms with Crippen molar-refractivity contribution < 1.29 is 19.4 Å². The van der Waals surface area contributed by atoms with E-state index in [0.717, 1.165) is 66.1 Å². The summed E-state index contributed by atoms with van der Waals surface area (Å²) in [6.07, 6.45) is 6.46. The van der Waals surface area contributed by atoms with Crippen LogP contribution in [0, 0.1) is 0 Å². The van der Waals surface area contributed by atoms with E-state index in [9.17, 15) is 9.90 Å². The standard InChI is InChI=1S/C34H38Cl2N2O4/c1-3-31(22-10-13-27(35)28(36)16-22)41-26-11-8-21(9-12-26)32-14-15-37(2)29-17-23-18-30(34(39)40)38(25-6-4-5-7-25)20-24(23)19-33(29)42-32/h8-13,16-17,19,25,30-32H,3-7,14-15,18,20H2,1-2H3,(H,39,40)/t30-,31+,32+/m0/s1.